The standard InChI is InChI=1S/C13H24ClN5/c1-5-9(3)7-15-12-17-11(14)18-13(19-12)16-8-10(4)6-2/h9-10H,5-8H2,1-4H3,(H2,15,16,17,18,19). The van der Waals surface area contributed by atoms with Crippen LogP contribution in [-0.2, 0) is 0 Å². The second-order valence-corrected chi connectivity index (χ2v) is 5.38. The predicted octanol–water partition coefficient (Wildman–Crippen LogP) is 3.44. The van der Waals surface area contributed by atoms with E-state index in [-0.39, 0.29) is 5.28 Å². The van der Waals surface area contributed by atoms with Gasteiger partial charge < -0.3 is 10.6 Å². The summed E-state index contributed by atoms with van der Waals surface area (Å²) in [4.78, 5) is 12.5. The molecule has 0 amide bonds. The first kappa shape index (κ1) is 16.0. The van der Waals surface area contributed by atoms with Gasteiger partial charge in [-0.2, -0.15) is 15.0 Å². The van der Waals surface area contributed by atoms with Crippen molar-refractivity contribution < 1.29 is 0 Å². The van der Waals surface area contributed by atoms with Crippen molar-refractivity contribution in [2.45, 2.75) is 40.5 Å². The first-order valence-corrected chi connectivity index (χ1v) is 7.32. The molecule has 0 saturated heterocycles. The maximum Gasteiger partial charge on any atom is 0.228 e. The summed E-state index contributed by atoms with van der Waals surface area (Å²) in [5.74, 6) is 2.22. The van der Waals surface area contributed by atoms with Gasteiger partial charge in [0.2, 0.25) is 17.2 Å². The number of halogens is 1. The number of rotatable bonds is 8. The van der Waals surface area contributed by atoms with Crippen molar-refractivity contribution in [3.8, 4) is 0 Å². The Morgan fingerprint density at radius 3 is 1.68 bits per heavy atom. The van der Waals surface area contributed by atoms with E-state index >= 15 is 0 Å². The van der Waals surface area contributed by atoms with Crippen LogP contribution in [0.5, 0.6) is 0 Å². The fraction of sp³-hybridized carbons (Fsp3) is 0.769. The summed E-state index contributed by atoms with van der Waals surface area (Å²) in [6.45, 7) is 10.3. The summed E-state index contributed by atoms with van der Waals surface area (Å²) in [5.41, 5.74) is 0. The van der Waals surface area contributed by atoms with Crippen molar-refractivity contribution in [3.05, 3.63) is 5.28 Å². The van der Waals surface area contributed by atoms with Crippen LogP contribution in [0.2, 0.25) is 5.28 Å². The molecule has 0 aliphatic carbocycles. The Hall–Kier alpha value is -1.10. The molecule has 5 nitrogen and oxygen atoms in total. The van der Waals surface area contributed by atoms with Gasteiger partial charge in [0, 0.05) is 13.1 Å². The molecule has 0 aromatic carbocycles. The van der Waals surface area contributed by atoms with Gasteiger partial charge in [-0.05, 0) is 23.4 Å². The average Bonchev–Trinajstić information content (AvgIpc) is 2.41. The number of nitrogens with one attached hydrogen (secondary N) is 2. The Labute approximate surface area is 120 Å². The number of hydrogen-bond acceptors (Lipinski definition) is 5. The minimum Gasteiger partial charge on any atom is -0.354 e. The third-order valence-corrected chi connectivity index (χ3v) is 3.39. The molecule has 0 saturated carbocycles. The second-order valence-electron chi connectivity index (χ2n) is 5.04. The Morgan fingerprint density at radius 2 is 1.32 bits per heavy atom. The topological polar surface area (TPSA) is 62.7 Å². The van der Waals surface area contributed by atoms with Gasteiger partial charge in [-0.3, -0.25) is 0 Å². The maximum absolute atomic E-state index is 5.91. The van der Waals surface area contributed by atoms with Gasteiger partial charge in [-0.1, -0.05) is 40.5 Å². The Morgan fingerprint density at radius 1 is 0.895 bits per heavy atom. The smallest absolute Gasteiger partial charge is 0.228 e. The number of anilines is 2. The fourth-order valence-corrected chi connectivity index (χ4v) is 1.49. The Balaban J connectivity index is 2.60. The number of hydrogen-bond donors (Lipinski definition) is 2. The molecular formula is C13H24ClN5. The van der Waals surface area contributed by atoms with Crippen molar-refractivity contribution in [3.63, 3.8) is 0 Å². The lowest BCUT2D eigenvalue weighted by atomic mass is 10.1. The van der Waals surface area contributed by atoms with E-state index in [9.17, 15) is 0 Å². The third kappa shape index (κ3) is 6.05. The molecule has 0 bridgehead atoms. The van der Waals surface area contributed by atoms with Crippen molar-refractivity contribution in [1.29, 1.82) is 0 Å². The Kier molecular flexibility index (Phi) is 6.84. The van der Waals surface area contributed by atoms with Crippen LogP contribution in [0.15, 0.2) is 0 Å². The van der Waals surface area contributed by atoms with Crippen LogP contribution < -0.4 is 10.6 Å². The fourth-order valence-electron chi connectivity index (χ4n) is 1.33. The molecule has 108 valence electrons. The van der Waals surface area contributed by atoms with Crippen molar-refractivity contribution in [2.24, 2.45) is 11.8 Å². The largest absolute Gasteiger partial charge is 0.354 e. The summed E-state index contributed by atoms with van der Waals surface area (Å²) >= 11 is 5.91. The second kappa shape index (κ2) is 8.15. The van der Waals surface area contributed by atoms with E-state index in [2.05, 4.69) is 53.3 Å². The van der Waals surface area contributed by atoms with Crippen molar-refractivity contribution >= 4 is 23.5 Å². The van der Waals surface area contributed by atoms with Gasteiger partial charge in [-0.25, -0.2) is 0 Å². The highest BCUT2D eigenvalue weighted by Gasteiger charge is 2.07. The van der Waals surface area contributed by atoms with Gasteiger partial charge in [0.15, 0.2) is 0 Å². The molecule has 6 heteroatoms. The minimum absolute atomic E-state index is 0.216. The van der Waals surface area contributed by atoms with E-state index in [1.165, 1.54) is 0 Å². The van der Waals surface area contributed by atoms with Crippen LogP contribution in [-0.4, -0.2) is 28.0 Å². The van der Waals surface area contributed by atoms with Crippen LogP contribution in [0.25, 0.3) is 0 Å². The number of nitrogens with zero attached hydrogens (tertiary/aromatic N) is 3. The highest BCUT2D eigenvalue weighted by Crippen LogP contribution is 2.11. The first-order valence-electron chi connectivity index (χ1n) is 6.94. The van der Waals surface area contributed by atoms with E-state index in [1.54, 1.807) is 0 Å². The van der Waals surface area contributed by atoms with E-state index in [1.807, 2.05) is 0 Å². The average molecular weight is 286 g/mol. The van der Waals surface area contributed by atoms with E-state index in [0.29, 0.717) is 23.7 Å². The molecule has 0 fully saturated rings. The van der Waals surface area contributed by atoms with E-state index < -0.39 is 0 Å². The van der Waals surface area contributed by atoms with Gasteiger partial charge in [0.25, 0.3) is 0 Å². The lowest BCUT2D eigenvalue weighted by Gasteiger charge is -2.12. The molecule has 2 atom stereocenters. The molecule has 1 rings (SSSR count). The van der Waals surface area contributed by atoms with Gasteiger partial charge in [-0.15, -0.1) is 0 Å². The summed E-state index contributed by atoms with van der Waals surface area (Å²) in [6.07, 6.45) is 2.23. The van der Waals surface area contributed by atoms with Crippen LogP contribution in [0, 0.1) is 11.8 Å². The van der Waals surface area contributed by atoms with Gasteiger partial charge in [0.05, 0.1) is 0 Å². The number of aromatic nitrogens is 3. The molecule has 0 aliphatic rings. The Bertz CT molecular complexity index is 353. The monoisotopic (exact) mass is 285 g/mol. The van der Waals surface area contributed by atoms with Crippen LogP contribution in [0.3, 0.4) is 0 Å². The summed E-state index contributed by atoms with van der Waals surface area (Å²) in [6, 6.07) is 0. The van der Waals surface area contributed by atoms with Crippen LogP contribution in [0.4, 0.5) is 11.9 Å². The third-order valence-electron chi connectivity index (χ3n) is 3.22. The first-order chi connectivity index (χ1) is 9.05. The van der Waals surface area contributed by atoms with Crippen LogP contribution in [0.1, 0.15) is 40.5 Å². The molecule has 2 unspecified atom stereocenters. The maximum atomic E-state index is 5.91. The zero-order chi connectivity index (χ0) is 14.3. The molecule has 1 aromatic heterocycles. The zero-order valence-corrected chi connectivity index (χ0v) is 13.0. The highest BCUT2D eigenvalue weighted by atomic mass is 35.5. The highest BCUT2D eigenvalue weighted by molar-refractivity contribution is 6.28. The zero-order valence-electron chi connectivity index (χ0n) is 12.2. The molecule has 1 heterocycles. The molecule has 19 heavy (non-hydrogen) atoms. The van der Waals surface area contributed by atoms with Crippen LogP contribution >= 0.6 is 11.6 Å². The predicted molar refractivity (Wildman–Crippen MR) is 80.7 cm³/mol. The molecule has 0 radical (unpaired) electrons. The summed E-state index contributed by atoms with van der Waals surface area (Å²) in [7, 11) is 0. The van der Waals surface area contributed by atoms with Gasteiger partial charge in [0.1, 0.15) is 0 Å². The van der Waals surface area contributed by atoms with Crippen molar-refractivity contribution in [2.75, 3.05) is 23.7 Å². The molecule has 1 aromatic rings. The van der Waals surface area contributed by atoms with E-state index in [0.717, 1.165) is 25.9 Å². The molecule has 2 N–H and O–H groups in total. The van der Waals surface area contributed by atoms with E-state index in [4.69, 9.17) is 11.6 Å². The summed E-state index contributed by atoms with van der Waals surface area (Å²) < 4.78 is 0. The molecule has 0 spiro atoms. The molecular weight excluding hydrogens is 262 g/mol. The van der Waals surface area contributed by atoms with Crippen molar-refractivity contribution in [1.82, 2.24) is 15.0 Å². The quantitative estimate of drug-likeness (QED) is 0.766. The lowest BCUT2D eigenvalue weighted by molar-refractivity contribution is 0.588. The SMILES string of the molecule is CCC(C)CNc1nc(Cl)nc(NCC(C)CC)n1. The molecule has 0 aliphatic heterocycles. The van der Waals surface area contributed by atoms with Gasteiger partial charge >= 0.3 is 0 Å². The normalized spacial score (nSPS) is 13.9. The lowest BCUT2D eigenvalue weighted by Crippen LogP contribution is -2.16. The minimum atomic E-state index is 0.216. The summed E-state index contributed by atoms with van der Waals surface area (Å²) in [5, 5.41) is 6.60.